The summed E-state index contributed by atoms with van der Waals surface area (Å²) in [6, 6.07) is -0.304. The van der Waals surface area contributed by atoms with Gasteiger partial charge >= 0.3 is 5.97 Å². The van der Waals surface area contributed by atoms with Crippen molar-refractivity contribution in [2.45, 2.75) is 50.3 Å². The summed E-state index contributed by atoms with van der Waals surface area (Å²) in [5.41, 5.74) is 0.190. The molecule has 0 aromatic heterocycles. The third-order valence-corrected chi connectivity index (χ3v) is 5.64. The van der Waals surface area contributed by atoms with E-state index in [2.05, 4.69) is 29.3 Å². The quantitative estimate of drug-likeness (QED) is 0.584. The lowest BCUT2D eigenvalue weighted by molar-refractivity contribution is -0.147. The molecule has 146 valence electrons. The standard InChI is InChI=1S/C21H28N2O4/c1-15-13-21(15,20(25)26-3)22-19(24)18-12-17(14-23(18)2)27-11-7-10-16-8-5-4-6-9-16/h5,8-9,15,17-18H,4,6,11-14H2,1-3H3,(H,22,24)/t15?,17-,18?,21-/m1/s1. The third kappa shape index (κ3) is 4.42. The monoisotopic (exact) mass is 372 g/mol. The van der Waals surface area contributed by atoms with Crippen LogP contribution in [0.5, 0.6) is 0 Å². The van der Waals surface area contributed by atoms with Crippen LogP contribution in [0.3, 0.4) is 0 Å². The molecule has 1 aliphatic heterocycles. The molecule has 1 saturated carbocycles. The van der Waals surface area contributed by atoms with Gasteiger partial charge < -0.3 is 14.8 Å². The molecule has 0 bridgehead atoms. The van der Waals surface area contributed by atoms with Crippen molar-refractivity contribution in [2.75, 3.05) is 27.3 Å². The number of nitrogens with one attached hydrogen (secondary N) is 1. The lowest BCUT2D eigenvalue weighted by Gasteiger charge is -2.22. The molecule has 0 spiro atoms. The summed E-state index contributed by atoms with van der Waals surface area (Å²) >= 11 is 0. The van der Waals surface area contributed by atoms with E-state index in [1.807, 2.05) is 24.9 Å². The minimum Gasteiger partial charge on any atom is -0.467 e. The largest absolute Gasteiger partial charge is 0.467 e. The number of ether oxygens (including phenoxy) is 2. The summed E-state index contributed by atoms with van der Waals surface area (Å²) in [6.07, 6.45) is 9.60. The van der Waals surface area contributed by atoms with Crippen molar-refractivity contribution >= 4 is 11.9 Å². The topological polar surface area (TPSA) is 67.9 Å². The van der Waals surface area contributed by atoms with Crippen molar-refractivity contribution < 1.29 is 19.1 Å². The molecule has 1 heterocycles. The van der Waals surface area contributed by atoms with Gasteiger partial charge in [0, 0.05) is 12.1 Å². The fraction of sp³-hybridized carbons (Fsp3) is 0.619. The van der Waals surface area contributed by atoms with E-state index in [0.29, 0.717) is 26.0 Å². The van der Waals surface area contributed by atoms with Crippen LogP contribution in [0, 0.1) is 17.8 Å². The minimum absolute atomic E-state index is 0.0402. The average molecular weight is 372 g/mol. The van der Waals surface area contributed by atoms with Gasteiger partial charge in [0.1, 0.15) is 12.1 Å². The van der Waals surface area contributed by atoms with Gasteiger partial charge in [0.15, 0.2) is 0 Å². The van der Waals surface area contributed by atoms with Gasteiger partial charge in [0.05, 0.1) is 19.3 Å². The van der Waals surface area contributed by atoms with Crippen molar-refractivity contribution in [1.82, 2.24) is 10.2 Å². The molecule has 2 aliphatic carbocycles. The van der Waals surface area contributed by atoms with Crippen LogP contribution in [0.15, 0.2) is 23.8 Å². The molecule has 2 fully saturated rings. The van der Waals surface area contributed by atoms with Gasteiger partial charge in [-0.05, 0) is 38.6 Å². The molecule has 6 nitrogen and oxygen atoms in total. The molecule has 4 atom stereocenters. The minimum atomic E-state index is -0.849. The van der Waals surface area contributed by atoms with Gasteiger partial charge in [0.2, 0.25) is 5.91 Å². The zero-order valence-electron chi connectivity index (χ0n) is 16.3. The average Bonchev–Trinajstić information content (AvgIpc) is 3.16. The van der Waals surface area contributed by atoms with E-state index >= 15 is 0 Å². The van der Waals surface area contributed by atoms with E-state index in [4.69, 9.17) is 9.47 Å². The number of hydrogen-bond acceptors (Lipinski definition) is 5. The molecule has 0 aromatic rings. The predicted octanol–water partition coefficient (Wildman–Crippen LogP) is 1.42. The van der Waals surface area contributed by atoms with Crippen molar-refractivity contribution in [3.8, 4) is 11.8 Å². The highest BCUT2D eigenvalue weighted by atomic mass is 16.5. The van der Waals surface area contributed by atoms with Crippen LogP contribution in [-0.2, 0) is 19.1 Å². The first-order valence-electron chi connectivity index (χ1n) is 9.54. The Bertz CT molecular complexity index is 717. The molecule has 6 heteroatoms. The first-order chi connectivity index (χ1) is 13.0. The van der Waals surface area contributed by atoms with E-state index in [1.54, 1.807) is 0 Å². The van der Waals surface area contributed by atoms with Crippen LogP contribution in [-0.4, -0.2) is 61.8 Å². The number of esters is 1. The highest BCUT2D eigenvalue weighted by molar-refractivity contribution is 5.93. The van der Waals surface area contributed by atoms with Gasteiger partial charge in [-0.1, -0.05) is 37.0 Å². The van der Waals surface area contributed by atoms with Crippen molar-refractivity contribution in [2.24, 2.45) is 5.92 Å². The Morgan fingerprint density at radius 1 is 1.41 bits per heavy atom. The van der Waals surface area contributed by atoms with Crippen molar-refractivity contribution in [1.29, 1.82) is 0 Å². The third-order valence-electron chi connectivity index (χ3n) is 5.64. The maximum atomic E-state index is 12.7. The molecule has 1 N–H and O–H groups in total. The molecule has 3 aliphatic rings. The van der Waals surface area contributed by atoms with Gasteiger partial charge in [0.25, 0.3) is 0 Å². The van der Waals surface area contributed by atoms with Crippen molar-refractivity contribution in [3.05, 3.63) is 23.8 Å². The lowest BCUT2D eigenvalue weighted by Crippen LogP contribution is -2.51. The number of methoxy groups -OCH3 is 1. The number of carbonyl (C=O) groups is 2. The number of amides is 1. The van der Waals surface area contributed by atoms with Gasteiger partial charge in [-0.25, -0.2) is 4.79 Å². The van der Waals surface area contributed by atoms with E-state index in [-0.39, 0.29) is 29.9 Å². The maximum Gasteiger partial charge on any atom is 0.331 e. The summed E-state index contributed by atoms with van der Waals surface area (Å²) in [7, 11) is 3.26. The fourth-order valence-electron chi connectivity index (χ4n) is 3.80. The summed E-state index contributed by atoms with van der Waals surface area (Å²) in [4.78, 5) is 26.7. The van der Waals surface area contributed by atoms with E-state index < -0.39 is 5.54 Å². The van der Waals surface area contributed by atoms with Crippen LogP contribution in [0.2, 0.25) is 0 Å². The lowest BCUT2D eigenvalue weighted by atomic mass is 10.1. The maximum absolute atomic E-state index is 12.7. The summed E-state index contributed by atoms with van der Waals surface area (Å²) < 4.78 is 10.7. The van der Waals surface area contributed by atoms with Crippen LogP contribution in [0.1, 0.15) is 32.6 Å². The Balaban J connectivity index is 1.48. The Kier molecular flexibility index (Phi) is 6.03. The van der Waals surface area contributed by atoms with E-state index in [1.165, 1.54) is 7.11 Å². The van der Waals surface area contributed by atoms with Crippen LogP contribution in [0.4, 0.5) is 0 Å². The van der Waals surface area contributed by atoms with E-state index in [9.17, 15) is 9.59 Å². The molecule has 3 rings (SSSR count). The first kappa shape index (κ1) is 19.7. The Hall–Kier alpha value is -2.10. The zero-order chi connectivity index (χ0) is 19.4. The van der Waals surface area contributed by atoms with E-state index in [0.717, 1.165) is 18.4 Å². The van der Waals surface area contributed by atoms with Crippen molar-refractivity contribution in [3.63, 3.8) is 0 Å². The van der Waals surface area contributed by atoms with Gasteiger partial charge in [-0.2, -0.15) is 0 Å². The summed E-state index contributed by atoms with van der Waals surface area (Å²) in [5, 5.41) is 2.92. The Morgan fingerprint density at radius 2 is 2.19 bits per heavy atom. The Morgan fingerprint density at radius 3 is 2.81 bits per heavy atom. The summed E-state index contributed by atoms with van der Waals surface area (Å²) in [5.74, 6) is 5.76. The molecule has 1 amide bonds. The first-order valence-corrected chi connectivity index (χ1v) is 9.54. The number of allylic oxidation sites excluding steroid dienone is 4. The molecule has 1 saturated heterocycles. The van der Waals surface area contributed by atoms with Crippen LogP contribution >= 0.6 is 0 Å². The number of hydrogen-bond donors (Lipinski definition) is 1. The molecule has 0 radical (unpaired) electrons. The second-order valence-corrected chi connectivity index (χ2v) is 7.62. The smallest absolute Gasteiger partial charge is 0.331 e. The van der Waals surface area contributed by atoms with Gasteiger partial charge in [-0.15, -0.1) is 0 Å². The van der Waals surface area contributed by atoms with Crippen LogP contribution in [0.25, 0.3) is 0 Å². The molecule has 0 aromatic carbocycles. The number of carbonyl (C=O) groups excluding carboxylic acids is 2. The second kappa shape index (κ2) is 8.28. The highest BCUT2D eigenvalue weighted by Crippen LogP contribution is 2.44. The molecule has 2 unspecified atom stereocenters. The molecular formula is C21H28N2O4. The summed E-state index contributed by atoms with van der Waals surface area (Å²) in [6.45, 7) is 2.96. The zero-order valence-corrected chi connectivity index (χ0v) is 16.3. The van der Waals surface area contributed by atoms with Crippen LogP contribution < -0.4 is 5.32 Å². The highest BCUT2D eigenvalue weighted by Gasteiger charge is 2.60. The number of rotatable bonds is 5. The molecule has 27 heavy (non-hydrogen) atoms. The number of nitrogens with zero attached hydrogens (tertiary/aromatic N) is 1. The fourth-order valence-corrected chi connectivity index (χ4v) is 3.80. The molecular weight excluding hydrogens is 344 g/mol. The predicted molar refractivity (Wildman–Crippen MR) is 102 cm³/mol. The number of likely N-dealkylation sites (N-methyl/N-ethyl adjacent to an activating group) is 1. The SMILES string of the molecule is COC(=O)[C@@]1(NC(=O)C2C[C@@H](OCC#CC3=CCCC=C3)CN2C)CC1C. The number of likely N-dealkylation sites (tertiary alicyclic amines) is 1. The second-order valence-electron chi connectivity index (χ2n) is 7.62. The van der Waals surface area contributed by atoms with Gasteiger partial charge in [-0.3, -0.25) is 9.69 Å². The Labute approximate surface area is 161 Å². The normalized spacial score (nSPS) is 32.3.